The third-order valence-electron chi connectivity index (χ3n) is 3.51. The number of nitrogens with zero attached hydrogens (tertiary/aromatic N) is 2. The van der Waals surface area contributed by atoms with Crippen molar-refractivity contribution in [1.29, 1.82) is 0 Å². The van der Waals surface area contributed by atoms with E-state index in [9.17, 15) is 0 Å². The highest BCUT2D eigenvalue weighted by molar-refractivity contribution is 5.79. The highest BCUT2D eigenvalue weighted by atomic mass is 16.5. The first-order valence-corrected chi connectivity index (χ1v) is 8.22. The zero-order chi connectivity index (χ0) is 17.2. The van der Waals surface area contributed by atoms with E-state index in [-0.39, 0.29) is 0 Å². The zero-order valence-corrected chi connectivity index (χ0v) is 14.7. The summed E-state index contributed by atoms with van der Waals surface area (Å²) in [6.07, 6.45) is 4.40. The Hall–Kier alpha value is -2.56. The van der Waals surface area contributed by atoms with Crippen LogP contribution < -0.4 is 15.4 Å². The van der Waals surface area contributed by atoms with Gasteiger partial charge in [-0.2, -0.15) is 0 Å². The summed E-state index contributed by atoms with van der Waals surface area (Å²) in [6, 6.07) is 10.4. The number of aliphatic imine (C=N–C) groups is 1. The molecule has 0 fully saturated rings. The fraction of sp³-hybridized carbons (Fsp3) is 0.368. The molecule has 1 aromatic carbocycles. The Bertz CT molecular complexity index is 635. The first kappa shape index (κ1) is 17.8. The van der Waals surface area contributed by atoms with Gasteiger partial charge < -0.3 is 15.4 Å². The van der Waals surface area contributed by atoms with Gasteiger partial charge >= 0.3 is 0 Å². The minimum Gasteiger partial charge on any atom is -0.490 e. The second-order valence-corrected chi connectivity index (χ2v) is 5.71. The Morgan fingerprint density at radius 2 is 1.88 bits per heavy atom. The number of aryl methyl sites for hydroxylation is 2. The maximum Gasteiger partial charge on any atom is 0.191 e. The van der Waals surface area contributed by atoms with Gasteiger partial charge in [-0.05, 0) is 38.0 Å². The Morgan fingerprint density at radius 3 is 2.54 bits per heavy atom. The lowest BCUT2D eigenvalue weighted by Gasteiger charge is -2.13. The highest BCUT2D eigenvalue weighted by Crippen LogP contribution is 2.09. The molecular formula is C19H26N4O. The van der Waals surface area contributed by atoms with Crippen LogP contribution >= 0.6 is 0 Å². The van der Waals surface area contributed by atoms with Crippen LogP contribution in [-0.2, 0) is 6.42 Å². The Morgan fingerprint density at radius 1 is 1.12 bits per heavy atom. The highest BCUT2D eigenvalue weighted by Gasteiger charge is 2.00. The van der Waals surface area contributed by atoms with Crippen LogP contribution in [0.4, 0.5) is 0 Å². The van der Waals surface area contributed by atoms with Crippen molar-refractivity contribution >= 4 is 5.96 Å². The van der Waals surface area contributed by atoms with Crippen LogP contribution in [-0.4, -0.2) is 37.7 Å². The molecule has 128 valence electrons. The van der Waals surface area contributed by atoms with Gasteiger partial charge in [0.1, 0.15) is 12.4 Å². The van der Waals surface area contributed by atoms with E-state index in [1.54, 1.807) is 19.4 Å². The van der Waals surface area contributed by atoms with Gasteiger partial charge in [-0.25, -0.2) is 0 Å². The van der Waals surface area contributed by atoms with Gasteiger partial charge in [0.25, 0.3) is 0 Å². The van der Waals surface area contributed by atoms with E-state index >= 15 is 0 Å². The molecule has 2 aromatic rings. The van der Waals surface area contributed by atoms with Gasteiger partial charge in [0.05, 0.1) is 12.7 Å². The van der Waals surface area contributed by atoms with E-state index in [1.807, 2.05) is 12.1 Å². The molecule has 0 aliphatic carbocycles. The van der Waals surface area contributed by atoms with Crippen LogP contribution in [0.1, 0.15) is 16.7 Å². The molecule has 0 unspecified atom stereocenters. The molecule has 2 N–H and O–H groups in total. The number of guanidine groups is 1. The normalized spacial score (nSPS) is 11.2. The minimum atomic E-state index is 0.559. The van der Waals surface area contributed by atoms with E-state index in [1.165, 1.54) is 16.7 Å². The summed E-state index contributed by atoms with van der Waals surface area (Å²) in [5.41, 5.74) is 3.95. The second kappa shape index (κ2) is 9.55. The van der Waals surface area contributed by atoms with E-state index in [2.05, 4.69) is 52.7 Å². The van der Waals surface area contributed by atoms with Crippen LogP contribution in [0.5, 0.6) is 5.75 Å². The van der Waals surface area contributed by atoms with Crippen LogP contribution in [0.15, 0.2) is 47.7 Å². The lowest BCUT2D eigenvalue weighted by molar-refractivity contribution is 0.320. The van der Waals surface area contributed by atoms with Gasteiger partial charge in [0, 0.05) is 19.8 Å². The van der Waals surface area contributed by atoms with E-state index in [0.717, 1.165) is 24.7 Å². The summed E-state index contributed by atoms with van der Waals surface area (Å²) in [4.78, 5) is 8.24. The molecule has 0 amide bonds. The van der Waals surface area contributed by atoms with Gasteiger partial charge in [0.15, 0.2) is 5.96 Å². The molecule has 2 rings (SSSR count). The number of benzene rings is 1. The lowest BCUT2D eigenvalue weighted by Crippen LogP contribution is -2.40. The van der Waals surface area contributed by atoms with Crippen molar-refractivity contribution in [2.24, 2.45) is 4.99 Å². The molecule has 0 radical (unpaired) electrons. The summed E-state index contributed by atoms with van der Waals surface area (Å²) < 4.78 is 5.59. The summed E-state index contributed by atoms with van der Waals surface area (Å²) in [7, 11) is 1.77. The Kier molecular flexibility index (Phi) is 7.08. The number of hydrogen-bond donors (Lipinski definition) is 2. The van der Waals surface area contributed by atoms with Crippen LogP contribution in [0.25, 0.3) is 0 Å². The fourth-order valence-electron chi connectivity index (χ4n) is 2.53. The van der Waals surface area contributed by atoms with E-state index in [4.69, 9.17) is 4.74 Å². The van der Waals surface area contributed by atoms with Gasteiger partial charge in [-0.15, -0.1) is 0 Å². The molecule has 0 saturated heterocycles. The molecule has 5 nitrogen and oxygen atoms in total. The third kappa shape index (κ3) is 6.28. The molecule has 0 bridgehead atoms. The lowest BCUT2D eigenvalue weighted by atomic mass is 10.1. The smallest absolute Gasteiger partial charge is 0.191 e. The quantitative estimate of drug-likeness (QED) is 0.466. The fourth-order valence-corrected chi connectivity index (χ4v) is 2.53. The van der Waals surface area contributed by atoms with Crippen LogP contribution in [0, 0.1) is 13.8 Å². The molecule has 0 saturated carbocycles. The van der Waals surface area contributed by atoms with Crippen molar-refractivity contribution in [2.75, 3.05) is 26.7 Å². The van der Waals surface area contributed by atoms with Crippen molar-refractivity contribution in [3.63, 3.8) is 0 Å². The number of hydrogen-bond acceptors (Lipinski definition) is 3. The summed E-state index contributed by atoms with van der Waals surface area (Å²) >= 11 is 0. The van der Waals surface area contributed by atoms with Crippen LogP contribution in [0.3, 0.4) is 0 Å². The van der Waals surface area contributed by atoms with Crippen molar-refractivity contribution in [3.05, 3.63) is 59.4 Å². The minimum absolute atomic E-state index is 0.559. The molecule has 24 heavy (non-hydrogen) atoms. The molecule has 0 aliphatic rings. The number of ether oxygens (including phenoxy) is 1. The van der Waals surface area contributed by atoms with Gasteiger partial charge in [-0.3, -0.25) is 9.98 Å². The first-order chi connectivity index (χ1) is 11.7. The van der Waals surface area contributed by atoms with Gasteiger partial charge in [-0.1, -0.05) is 29.3 Å². The molecule has 1 aromatic heterocycles. The monoisotopic (exact) mass is 326 g/mol. The Labute approximate surface area is 144 Å². The first-order valence-electron chi connectivity index (χ1n) is 8.22. The number of pyridine rings is 1. The molecular weight excluding hydrogens is 300 g/mol. The number of aromatic nitrogens is 1. The topological polar surface area (TPSA) is 58.5 Å². The molecule has 0 aliphatic heterocycles. The maximum atomic E-state index is 5.59. The second-order valence-electron chi connectivity index (χ2n) is 5.71. The van der Waals surface area contributed by atoms with Crippen molar-refractivity contribution < 1.29 is 4.74 Å². The molecule has 0 spiro atoms. The number of nitrogens with one attached hydrogen (secondary N) is 2. The standard InChI is InChI=1S/C19H26N4O/c1-15-11-16(2)13-17(12-15)6-8-22-19(20-3)23-9-10-24-18-5-4-7-21-14-18/h4-5,7,11-14H,6,8-10H2,1-3H3,(H2,20,22,23). The predicted octanol–water partition coefficient (Wildman–Crippen LogP) is 2.48. The predicted molar refractivity (Wildman–Crippen MR) is 98.7 cm³/mol. The third-order valence-corrected chi connectivity index (χ3v) is 3.51. The van der Waals surface area contributed by atoms with Crippen molar-refractivity contribution in [2.45, 2.75) is 20.3 Å². The van der Waals surface area contributed by atoms with Crippen molar-refractivity contribution in [1.82, 2.24) is 15.6 Å². The van der Waals surface area contributed by atoms with Gasteiger partial charge in [0.2, 0.25) is 0 Å². The average molecular weight is 326 g/mol. The number of rotatable bonds is 7. The molecule has 5 heteroatoms. The average Bonchev–Trinajstić information content (AvgIpc) is 2.57. The summed E-state index contributed by atoms with van der Waals surface area (Å²) in [6.45, 7) is 6.34. The Balaban J connectivity index is 1.67. The van der Waals surface area contributed by atoms with Crippen LogP contribution in [0.2, 0.25) is 0 Å². The van der Waals surface area contributed by atoms with E-state index in [0.29, 0.717) is 13.2 Å². The molecule has 1 heterocycles. The largest absolute Gasteiger partial charge is 0.490 e. The zero-order valence-electron chi connectivity index (χ0n) is 14.7. The van der Waals surface area contributed by atoms with Crippen molar-refractivity contribution in [3.8, 4) is 5.75 Å². The van der Waals surface area contributed by atoms with E-state index < -0.39 is 0 Å². The SMILES string of the molecule is CN=C(NCCOc1cccnc1)NCCc1cc(C)cc(C)c1. The summed E-state index contributed by atoms with van der Waals surface area (Å²) in [5.74, 6) is 1.56. The molecule has 0 atom stereocenters. The summed E-state index contributed by atoms with van der Waals surface area (Å²) in [5, 5.41) is 6.57. The maximum absolute atomic E-state index is 5.59.